The minimum absolute atomic E-state index is 0.140. The van der Waals surface area contributed by atoms with Crippen LogP contribution in [-0.4, -0.2) is 23.4 Å². The third kappa shape index (κ3) is 10.2. The monoisotopic (exact) mass is 313 g/mol. The Morgan fingerprint density at radius 3 is 1.67 bits per heavy atom. The molecule has 2 aromatic carbocycles. The zero-order valence-corrected chi connectivity index (χ0v) is 13.4. The molecule has 0 unspecified atom stereocenters. The fourth-order valence-corrected chi connectivity index (χ4v) is 1.83. The molecule has 0 amide bonds. The first-order valence-corrected chi connectivity index (χ1v) is 8.27. The van der Waals surface area contributed by atoms with Crippen molar-refractivity contribution in [1.29, 1.82) is 0 Å². The second-order valence-corrected chi connectivity index (χ2v) is 5.26. The lowest BCUT2D eigenvalue weighted by Crippen LogP contribution is -1.90. The van der Waals surface area contributed by atoms with Crippen molar-refractivity contribution in [3.05, 3.63) is 48.5 Å². The molecule has 0 heterocycles. The first kappa shape index (κ1) is 19.8. The quantitative estimate of drug-likeness (QED) is 0.595. The third-order valence-electron chi connectivity index (χ3n) is 2.42. The Hall–Kier alpha value is -1.23. The molecule has 0 aromatic heterocycles. The van der Waals surface area contributed by atoms with E-state index in [2.05, 4.69) is 58.8 Å². The highest BCUT2D eigenvalue weighted by Crippen LogP contribution is 2.35. The Morgan fingerprint density at radius 2 is 1.38 bits per heavy atom. The molecule has 2 aromatic rings. The van der Waals surface area contributed by atoms with Gasteiger partial charge in [-0.3, -0.25) is 4.52 Å². The normalized spacial score (nSPS) is 10.1. The van der Waals surface area contributed by atoms with E-state index in [1.165, 1.54) is 17.8 Å². The van der Waals surface area contributed by atoms with Crippen LogP contribution < -0.4 is 5.73 Å². The summed E-state index contributed by atoms with van der Waals surface area (Å²) in [6, 6.07) is 16.7. The zero-order valence-electron chi connectivity index (χ0n) is 12.5. The molecule has 0 saturated carbocycles. The van der Waals surface area contributed by atoms with Crippen molar-refractivity contribution < 1.29 is 18.9 Å². The van der Waals surface area contributed by atoms with Gasteiger partial charge in [0.05, 0.1) is 6.61 Å². The maximum atomic E-state index is 9.98. The van der Waals surface area contributed by atoms with E-state index < -0.39 is 7.82 Å². The van der Waals surface area contributed by atoms with Gasteiger partial charge in [-0.25, -0.2) is 4.57 Å². The molecule has 0 bridgehead atoms. The third-order valence-corrected chi connectivity index (χ3v) is 2.93. The Bertz CT molecular complexity index is 476. The van der Waals surface area contributed by atoms with Crippen LogP contribution in [0.2, 0.25) is 0 Å². The Balaban J connectivity index is 0.000000344. The van der Waals surface area contributed by atoms with Crippen LogP contribution in [0.1, 0.15) is 19.8 Å². The van der Waals surface area contributed by atoms with Gasteiger partial charge in [0.15, 0.2) is 0 Å². The van der Waals surface area contributed by atoms with Gasteiger partial charge in [-0.1, -0.05) is 61.9 Å². The van der Waals surface area contributed by atoms with Crippen LogP contribution in [-0.2, 0) is 9.09 Å². The van der Waals surface area contributed by atoms with Crippen LogP contribution in [0.25, 0.3) is 10.8 Å². The Morgan fingerprint density at radius 1 is 1.00 bits per heavy atom. The molecule has 2 rings (SSSR count). The van der Waals surface area contributed by atoms with Crippen LogP contribution in [0.5, 0.6) is 0 Å². The van der Waals surface area contributed by atoms with Crippen molar-refractivity contribution in [2.45, 2.75) is 19.8 Å². The topological polar surface area (TPSA) is 92.8 Å². The minimum Gasteiger partial charge on any atom is -0.333 e. The molecule has 5 nitrogen and oxygen atoms in total. The van der Waals surface area contributed by atoms with Gasteiger partial charge in [-0.05, 0) is 24.2 Å². The lowest BCUT2D eigenvalue weighted by molar-refractivity contribution is 0.194. The molecule has 0 aliphatic heterocycles. The average Bonchev–Trinajstić information content (AvgIpc) is 2.49. The van der Waals surface area contributed by atoms with E-state index in [1.807, 2.05) is 6.92 Å². The van der Waals surface area contributed by atoms with Crippen molar-refractivity contribution in [2.24, 2.45) is 5.73 Å². The summed E-state index contributed by atoms with van der Waals surface area (Å²) in [5.41, 5.74) is 4.50. The molecule has 0 spiro atoms. The number of fused-ring (bicyclic) bond motifs is 1. The van der Waals surface area contributed by atoms with E-state index in [1.54, 1.807) is 0 Å². The largest absolute Gasteiger partial charge is 0.469 e. The summed E-state index contributed by atoms with van der Waals surface area (Å²) in [4.78, 5) is 16.3. The molecule has 0 aliphatic carbocycles. The molecule has 0 radical (unpaired) electrons. The highest BCUT2D eigenvalue weighted by atomic mass is 31.2. The summed E-state index contributed by atoms with van der Waals surface area (Å²) >= 11 is 0. The smallest absolute Gasteiger partial charge is 0.333 e. The lowest BCUT2D eigenvalue weighted by atomic mass is 10.1. The van der Waals surface area contributed by atoms with Crippen LogP contribution >= 0.6 is 7.82 Å². The summed E-state index contributed by atoms with van der Waals surface area (Å²) in [6.07, 6.45) is 1.56. The van der Waals surface area contributed by atoms with E-state index in [0.717, 1.165) is 6.42 Å². The summed E-state index contributed by atoms with van der Waals surface area (Å²) in [5.74, 6) is 0. The van der Waals surface area contributed by atoms with E-state index in [0.29, 0.717) is 6.42 Å². The number of phosphoric acid groups is 1. The van der Waals surface area contributed by atoms with Crippen LogP contribution in [0.3, 0.4) is 0 Å². The fraction of sp³-hybridized carbons (Fsp3) is 0.333. The van der Waals surface area contributed by atoms with Gasteiger partial charge in [0.25, 0.3) is 0 Å². The van der Waals surface area contributed by atoms with Crippen LogP contribution in [0.4, 0.5) is 0 Å². The number of hydrogen-bond acceptors (Lipinski definition) is 3. The second kappa shape index (κ2) is 11.4. The van der Waals surface area contributed by atoms with E-state index in [4.69, 9.17) is 9.79 Å². The molecule has 0 aliphatic rings. The lowest BCUT2D eigenvalue weighted by Gasteiger charge is -2.02. The molecular weight excluding hydrogens is 289 g/mol. The van der Waals surface area contributed by atoms with E-state index in [-0.39, 0.29) is 6.61 Å². The standard InChI is InChI=1S/C10H8.C4H11O4P.CH5N/c1-2-6-10-8-4-3-7-9(10)5-1;1-2-3-4-8-9(5,6)7;1-2/h1-8H;2-4H2,1H3,(H2,5,6,7);2H2,1H3. The van der Waals surface area contributed by atoms with E-state index >= 15 is 0 Å². The van der Waals surface area contributed by atoms with Gasteiger partial charge in [-0.2, -0.15) is 0 Å². The van der Waals surface area contributed by atoms with Gasteiger partial charge in [-0.15, -0.1) is 0 Å². The number of unbranched alkanes of at least 4 members (excludes halogenated alkanes) is 1. The van der Waals surface area contributed by atoms with Gasteiger partial charge in [0.1, 0.15) is 0 Å². The number of phosphoric ester groups is 1. The highest BCUT2D eigenvalue weighted by Gasteiger charge is 2.11. The Labute approximate surface area is 126 Å². The first-order chi connectivity index (χ1) is 10.0. The summed E-state index contributed by atoms with van der Waals surface area (Å²) in [6.45, 7) is 2.06. The molecule has 21 heavy (non-hydrogen) atoms. The van der Waals surface area contributed by atoms with Crippen molar-refractivity contribution in [3.8, 4) is 0 Å². The van der Waals surface area contributed by atoms with Crippen molar-refractivity contribution in [3.63, 3.8) is 0 Å². The van der Waals surface area contributed by atoms with Crippen molar-refractivity contribution in [2.75, 3.05) is 13.7 Å². The van der Waals surface area contributed by atoms with Crippen molar-refractivity contribution in [1.82, 2.24) is 0 Å². The zero-order chi connectivity index (χ0) is 16.1. The second-order valence-electron chi connectivity index (χ2n) is 4.02. The fourth-order valence-electron chi connectivity index (χ4n) is 1.46. The molecule has 0 atom stereocenters. The average molecular weight is 313 g/mol. The molecule has 118 valence electrons. The number of nitrogens with two attached hydrogens (primary N) is 1. The summed E-state index contributed by atoms with van der Waals surface area (Å²) < 4.78 is 14.1. The maximum absolute atomic E-state index is 9.98. The molecule has 0 saturated heterocycles. The molecule has 4 N–H and O–H groups in total. The number of rotatable bonds is 4. The molecule has 6 heteroatoms. The summed E-state index contributed by atoms with van der Waals surface area (Å²) in [5, 5.41) is 2.62. The predicted molar refractivity (Wildman–Crippen MR) is 87.0 cm³/mol. The number of hydrogen-bond donors (Lipinski definition) is 3. The van der Waals surface area contributed by atoms with Gasteiger partial charge >= 0.3 is 7.82 Å². The van der Waals surface area contributed by atoms with E-state index in [9.17, 15) is 4.57 Å². The Kier molecular flexibility index (Phi) is 10.8. The van der Waals surface area contributed by atoms with Gasteiger partial charge in [0, 0.05) is 0 Å². The van der Waals surface area contributed by atoms with Gasteiger partial charge in [0.2, 0.25) is 0 Å². The predicted octanol–water partition coefficient (Wildman–Crippen LogP) is 3.31. The number of benzene rings is 2. The first-order valence-electron chi connectivity index (χ1n) is 6.74. The highest BCUT2D eigenvalue weighted by molar-refractivity contribution is 7.46. The summed E-state index contributed by atoms with van der Waals surface area (Å²) in [7, 11) is -2.70. The maximum Gasteiger partial charge on any atom is 0.469 e. The molecular formula is C15H24NO4P. The SMILES string of the molecule is CCCCOP(=O)(O)O.CN.c1ccc2ccccc2c1. The minimum atomic E-state index is -4.20. The van der Waals surface area contributed by atoms with Crippen LogP contribution in [0, 0.1) is 0 Å². The van der Waals surface area contributed by atoms with Crippen LogP contribution in [0.15, 0.2) is 48.5 Å². The van der Waals surface area contributed by atoms with Crippen molar-refractivity contribution >= 4 is 18.6 Å². The molecule has 0 fully saturated rings. The van der Waals surface area contributed by atoms with Gasteiger partial charge < -0.3 is 15.5 Å².